The first-order valence-electron chi connectivity index (χ1n) is 8.38. The second-order valence-corrected chi connectivity index (χ2v) is 5.93. The molecule has 2 aromatic rings. The minimum atomic E-state index is -0.0389. The number of fused-ring (bicyclic) bond motifs is 1. The monoisotopic (exact) mass is 309 g/mol. The summed E-state index contributed by atoms with van der Waals surface area (Å²) in [6.45, 7) is 3.81. The Kier molecular flexibility index (Phi) is 4.91. The van der Waals surface area contributed by atoms with Gasteiger partial charge in [-0.3, -0.25) is 9.78 Å². The van der Waals surface area contributed by atoms with E-state index in [1.807, 2.05) is 12.3 Å². The van der Waals surface area contributed by atoms with Gasteiger partial charge in [-0.05, 0) is 30.5 Å². The average Bonchev–Trinajstić information content (AvgIpc) is 3.03. The fraction of sp³-hybridized carbons (Fsp3) is 0.368. The summed E-state index contributed by atoms with van der Waals surface area (Å²) in [5, 5.41) is 2.97. The number of para-hydroxylation sites is 1. The Hall–Kier alpha value is -2.36. The van der Waals surface area contributed by atoms with Crippen molar-refractivity contribution in [2.45, 2.75) is 32.6 Å². The molecule has 1 aliphatic rings. The number of hydrogen-bond acceptors (Lipinski definition) is 3. The number of hydrogen-bond donors (Lipinski definition) is 1. The van der Waals surface area contributed by atoms with Gasteiger partial charge in [0.1, 0.15) is 0 Å². The lowest BCUT2D eigenvalue weighted by Gasteiger charge is -2.19. The minimum absolute atomic E-state index is 0.0389. The number of carbonyl (C=O) groups excluding carboxylic acids is 1. The van der Waals surface area contributed by atoms with Gasteiger partial charge >= 0.3 is 0 Å². The molecule has 4 nitrogen and oxygen atoms in total. The fourth-order valence-corrected chi connectivity index (χ4v) is 2.99. The zero-order valence-corrected chi connectivity index (χ0v) is 13.6. The van der Waals surface area contributed by atoms with E-state index in [-0.39, 0.29) is 5.91 Å². The van der Waals surface area contributed by atoms with Crippen LogP contribution in [0.4, 0.5) is 11.4 Å². The standard InChI is InChI=1S/C19H23N3O/c1-2-3-6-10-21-19(23)16-12-17(14-20-13-16)22-11-9-15-7-4-5-8-18(15)22/h4-5,7-8,12-14H,2-3,6,9-11H2,1H3,(H,21,23). The smallest absolute Gasteiger partial charge is 0.252 e. The molecule has 1 amide bonds. The highest BCUT2D eigenvalue weighted by Crippen LogP contribution is 2.33. The third-order valence-electron chi connectivity index (χ3n) is 4.25. The van der Waals surface area contributed by atoms with E-state index in [0.29, 0.717) is 5.56 Å². The van der Waals surface area contributed by atoms with E-state index in [1.165, 1.54) is 11.3 Å². The number of carbonyl (C=O) groups is 1. The highest BCUT2D eigenvalue weighted by molar-refractivity contribution is 5.95. The highest BCUT2D eigenvalue weighted by Gasteiger charge is 2.20. The lowest BCUT2D eigenvalue weighted by molar-refractivity contribution is 0.0952. The van der Waals surface area contributed by atoms with Gasteiger partial charge in [-0.1, -0.05) is 38.0 Å². The molecule has 0 fully saturated rings. The molecule has 0 saturated heterocycles. The molecule has 3 rings (SSSR count). The molecule has 0 unspecified atom stereocenters. The second-order valence-electron chi connectivity index (χ2n) is 5.93. The van der Waals surface area contributed by atoms with Crippen LogP contribution in [0.25, 0.3) is 0 Å². The Morgan fingerprint density at radius 3 is 3.00 bits per heavy atom. The van der Waals surface area contributed by atoms with Crippen LogP contribution in [-0.2, 0) is 6.42 Å². The maximum atomic E-state index is 12.3. The van der Waals surface area contributed by atoms with Gasteiger partial charge in [-0.2, -0.15) is 0 Å². The molecule has 2 heterocycles. The van der Waals surface area contributed by atoms with Crippen LogP contribution >= 0.6 is 0 Å². The Morgan fingerprint density at radius 1 is 1.26 bits per heavy atom. The molecule has 1 aliphatic heterocycles. The molecule has 0 atom stereocenters. The molecule has 0 aliphatic carbocycles. The highest BCUT2D eigenvalue weighted by atomic mass is 16.1. The van der Waals surface area contributed by atoms with Gasteiger partial charge < -0.3 is 10.2 Å². The molecule has 1 aromatic heterocycles. The normalized spacial score (nSPS) is 13.0. The first-order valence-corrected chi connectivity index (χ1v) is 8.38. The summed E-state index contributed by atoms with van der Waals surface area (Å²) in [7, 11) is 0. The molecule has 1 N–H and O–H groups in total. The maximum absolute atomic E-state index is 12.3. The first kappa shape index (κ1) is 15.5. The van der Waals surface area contributed by atoms with E-state index in [0.717, 1.165) is 44.5 Å². The number of rotatable bonds is 6. The predicted octanol–water partition coefficient (Wildman–Crippen LogP) is 3.70. The zero-order valence-electron chi connectivity index (χ0n) is 13.6. The Morgan fingerprint density at radius 2 is 2.13 bits per heavy atom. The number of benzene rings is 1. The molecule has 4 heteroatoms. The summed E-state index contributed by atoms with van der Waals surface area (Å²) in [6.07, 6.45) is 7.82. The number of amides is 1. The van der Waals surface area contributed by atoms with Gasteiger partial charge in [0.05, 0.1) is 17.4 Å². The van der Waals surface area contributed by atoms with Crippen LogP contribution < -0.4 is 10.2 Å². The van der Waals surface area contributed by atoms with Crippen LogP contribution in [0.2, 0.25) is 0 Å². The van der Waals surface area contributed by atoms with Crippen molar-refractivity contribution in [1.29, 1.82) is 0 Å². The molecule has 120 valence electrons. The Bertz CT molecular complexity index is 684. The third-order valence-corrected chi connectivity index (χ3v) is 4.25. The largest absolute Gasteiger partial charge is 0.352 e. The number of pyridine rings is 1. The van der Waals surface area contributed by atoms with Crippen molar-refractivity contribution in [3.05, 3.63) is 53.9 Å². The van der Waals surface area contributed by atoms with Gasteiger partial charge in [0.25, 0.3) is 5.91 Å². The van der Waals surface area contributed by atoms with Crippen LogP contribution in [0.15, 0.2) is 42.7 Å². The molecule has 0 spiro atoms. The lowest BCUT2D eigenvalue weighted by atomic mass is 10.2. The van der Waals surface area contributed by atoms with E-state index in [1.54, 1.807) is 6.20 Å². The van der Waals surface area contributed by atoms with Crippen molar-refractivity contribution >= 4 is 17.3 Å². The van der Waals surface area contributed by atoms with Crippen LogP contribution in [0.1, 0.15) is 42.1 Å². The van der Waals surface area contributed by atoms with E-state index < -0.39 is 0 Å². The minimum Gasteiger partial charge on any atom is -0.352 e. The Labute approximate surface area is 137 Å². The lowest BCUT2D eigenvalue weighted by Crippen LogP contribution is -2.25. The van der Waals surface area contributed by atoms with E-state index in [9.17, 15) is 4.79 Å². The summed E-state index contributed by atoms with van der Waals surface area (Å²) >= 11 is 0. The summed E-state index contributed by atoms with van der Waals surface area (Å²) in [5.41, 5.74) is 4.18. The van der Waals surface area contributed by atoms with Gasteiger partial charge in [0.15, 0.2) is 0 Å². The second kappa shape index (κ2) is 7.27. The number of anilines is 2. The molecule has 23 heavy (non-hydrogen) atoms. The van der Waals surface area contributed by atoms with Crippen LogP contribution in [0.3, 0.4) is 0 Å². The zero-order chi connectivity index (χ0) is 16.1. The van der Waals surface area contributed by atoms with Crippen molar-refractivity contribution in [3.8, 4) is 0 Å². The fourth-order valence-electron chi connectivity index (χ4n) is 2.99. The number of nitrogens with one attached hydrogen (secondary N) is 1. The van der Waals surface area contributed by atoms with E-state index >= 15 is 0 Å². The molecular formula is C19H23N3O. The average molecular weight is 309 g/mol. The molecule has 1 aromatic carbocycles. The number of nitrogens with zero attached hydrogens (tertiary/aromatic N) is 2. The van der Waals surface area contributed by atoms with Crippen LogP contribution in [0, 0.1) is 0 Å². The topological polar surface area (TPSA) is 45.2 Å². The van der Waals surface area contributed by atoms with Crippen molar-refractivity contribution in [3.63, 3.8) is 0 Å². The quantitative estimate of drug-likeness (QED) is 0.828. The van der Waals surface area contributed by atoms with Crippen molar-refractivity contribution in [1.82, 2.24) is 10.3 Å². The predicted molar refractivity (Wildman–Crippen MR) is 93.2 cm³/mol. The number of aromatic nitrogens is 1. The molecule has 0 saturated carbocycles. The summed E-state index contributed by atoms with van der Waals surface area (Å²) in [4.78, 5) is 18.7. The van der Waals surface area contributed by atoms with Crippen LogP contribution in [-0.4, -0.2) is 24.0 Å². The first-order chi connectivity index (χ1) is 11.3. The third kappa shape index (κ3) is 3.52. The van der Waals surface area contributed by atoms with E-state index in [2.05, 4.69) is 46.4 Å². The summed E-state index contributed by atoms with van der Waals surface area (Å²) < 4.78 is 0. The SMILES string of the molecule is CCCCCNC(=O)c1cncc(N2CCc3ccccc32)c1. The van der Waals surface area contributed by atoms with Crippen molar-refractivity contribution < 1.29 is 4.79 Å². The van der Waals surface area contributed by atoms with Gasteiger partial charge in [0, 0.05) is 25.0 Å². The van der Waals surface area contributed by atoms with Crippen LogP contribution in [0.5, 0.6) is 0 Å². The van der Waals surface area contributed by atoms with Gasteiger partial charge in [-0.25, -0.2) is 0 Å². The van der Waals surface area contributed by atoms with E-state index in [4.69, 9.17) is 0 Å². The summed E-state index contributed by atoms with van der Waals surface area (Å²) in [6, 6.07) is 10.3. The number of unbranched alkanes of at least 4 members (excludes halogenated alkanes) is 2. The van der Waals surface area contributed by atoms with Crippen molar-refractivity contribution in [2.75, 3.05) is 18.0 Å². The molecular weight excluding hydrogens is 286 g/mol. The van der Waals surface area contributed by atoms with Gasteiger partial charge in [0.2, 0.25) is 0 Å². The maximum Gasteiger partial charge on any atom is 0.252 e. The molecule has 0 radical (unpaired) electrons. The molecule has 0 bridgehead atoms. The van der Waals surface area contributed by atoms with Gasteiger partial charge in [-0.15, -0.1) is 0 Å². The summed E-state index contributed by atoms with van der Waals surface area (Å²) in [5.74, 6) is -0.0389. The van der Waals surface area contributed by atoms with Crippen molar-refractivity contribution in [2.24, 2.45) is 0 Å². The Balaban J connectivity index is 1.72.